The molecule has 0 fully saturated rings. The van der Waals surface area contributed by atoms with Crippen LogP contribution in [0.3, 0.4) is 0 Å². The summed E-state index contributed by atoms with van der Waals surface area (Å²) in [5.74, 6) is 0.550. The summed E-state index contributed by atoms with van der Waals surface area (Å²) in [4.78, 5) is 11.6. The molecule has 1 aromatic rings. The highest BCUT2D eigenvalue weighted by Gasteiger charge is 2.14. The van der Waals surface area contributed by atoms with Crippen LogP contribution in [0.1, 0.15) is 31.4 Å². The lowest BCUT2D eigenvalue weighted by Crippen LogP contribution is -2.26. The van der Waals surface area contributed by atoms with E-state index in [1.807, 2.05) is 0 Å². The van der Waals surface area contributed by atoms with Gasteiger partial charge in [-0.3, -0.25) is 4.79 Å². The van der Waals surface area contributed by atoms with Gasteiger partial charge >= 0.3 is 0 Å². The molecule has 1 rings (SSSR count). The molecule has 1 N–H and O–H groups in total. The van der Waals surface area contributed by atoms with Crippen LogP contribution in [0.15, 0.2) is 18.2 Å². The normalized spacial score (nSPS) is 12.0. The van der Waals surface area contributed by atoms with E-state index in [1.165, 1.54) is 19.2 Å². The summed E-state index contributed by atoms with van der Waals surface area (Å²) in [5, 5.41) is 2.79. The van der Waals surface area contributed by atoms with Gasteiger partial charge in [-0.15, -0.1) is 11.6 Å². The van der Waals surface area contributed by atoms with Crippen molar-refractivity contribution >= 4 is 17.5 Å². The molecule has 0 bridgehead atoms. The third-order valence-corrected chi connectivity index (χ3v) is 2.84. The first kappa shape index (κ1) is 14.8. The zero-order valence-corrected chi connectivity index (χ0v) is 11.3. The summed E-state index contributed by atoms with van der Waals surface area (Å²) in [6.45, 7) is 1.79. The molecule has 0 heterocycles. The fourth-order valence-electron chi connectivity index (χ4n) is 1.66. The molecular formula is C13H17ClFNO2. The van der Waals surface area contributed by atoms with Crippen molar-refractivity contribution in [2.45, 2.75) is 25.8 Å². The SMILES string of the molecule is COc1ccc(F)cc1C(C)NC(=O)CCCCl. The predicted octanol–water partition coefficient (Wildman–Crippen LogP) is 3.03. The van der Waals surface area contributed by atoms with Crippen LogP contribution >= 0.6 is 11.6 Å². The van der Waals surface area contributed by atoms with Crippen molar-refractivity contribution < 1.29 is 13.9 Å². The maximum Gasteiger partial charge on any atom is 0.220 e. The van der Waals surface area contributed by atoms with Gasteiger partial charge in [-0.2, -0.15) is 0 Å². The Balaban J connectivity index is 2.73. The van der Waals surface area contributed by atoms with E-state index in [-0.39, 0.29) is 17.8 Å². The van der Waals surface area contributed by atoms with Crippen LogP contribution in [0.25, 0.3) is 0 Å². The van der Waals surface area contributed by atoms with E-state index >= 15 is 0 Å². The van der Waals surface area contributed by atoms with Gasteiger partial charge in [0.15, 0.2) is 0 Å². The Kier molecular flexibility index (Phi) is 5.92. The Bertz CT molecular complexity index is 412. The van der Waals surface area contributed by atoms with Gasteiger partial charge in [-0.05, 0) is 31.5 Å². The molecule has 0 saturated heterocycles. The molecule has 1 atom stereocenters. The van der Waals surface area contributed by atoms with Gasteiger partial charge in [-0.1, -0.05) is 0 Å². The smallest absolute Gasteiger partial charge is 0.220 e. The van der Waals surface area contributed by atoms with Crippen molar-refractivity contribution in [1.82, 2.24) is 5.32 Å². The minimum atomic E-state index is -0.354. The highest BCUT2D eigenvalue weighted by atomic mass is 35.5. The first-order valence-corrected chi connectivity index (χ1v) is 6.30. The van der Waals surface area contributed by atoms with Gasteiger partial charge in [0.2, 0.25) is 5.91 Å². The molecule has 0 aliphatic rings. The highest BCUT2D eigenvalue weighted by Crippen LogP contribution is 2.25. The second-order valence-corrected chi connectivity index (χ2v) is 4.35. The summed E-state index contributed by atoms with van der Waals surface area (Å²) in [6, 6.07) is 3.93. The zero-order chi connectivity index (χ0) is 13.5. The highest BCUT2D eigenvalue weighted by molar-refractivity contribution is 6.17. The minimum Gasteiger partial charge on any atom is -0.496 e. The first-order chi connectivity index (χ1) is 8.58. The summed E-state index contributed by atoms with van der Waals surface area (Å²) < 4.78 is 18.3. The Hall–Kier alpha value is -1.29. The van der Waals surface area contributed by atoms with E-state index < -0.39 is 0 Å². The van der Waals surface area contributed by atoms with Crippen LogP contribution in [0.2, 0.25) is 0 Å². The molecule has 0 saturated carbocycles. The molecule has 100 valence electrons. The van der Waals surface area contributed by atoms with E-state index in [9.17, 15) is 9.18 Å². The number of ether oxygens (including phenoxy) is 1. The summed E-state index contributed by atoms with van der Waals surface area (Å²) >= 11 is 5.52. The number of carbonyl (C=O) groups is 1. The lowest BCUT2D eigenvalue weighted by molar-refractivity contribution is -0.121. The molecule has 3 nitrogen and oxygen atoms in total. The Labute approximate surface area is 111 Å². The summed E-state index contributed by atoms with van der Waals surface area (Å²) in [5.41, 5.74) is 0.622. The van der Waals surface area contributed by atoms with E-state index in [1.54, 1.807) is 13.0 Å². The second kappa shape index (κ2) is 7.21. The van der Waals surface area contributed by atoms with Crippen molar-refractivity contribution in [3.63, 3.8) is 0 Å². The lowest BCUT2D eigenvalue weighted by atomic mass is 10.1. The fourth-order valence-corrected chi connectivity index (χ4v) is 1.80. The molecule has 0 aliphatic heterocycles. The van der Waals surface area contributed by atoms with Crippen LogP contribution in [0.5, 0.6) is 5.75 Å². The third kappa shape index (κ3) is 4.18. The average Bonchev–Trinajstić information content (AvgIpc) is 2.36. The largest absolute Gasteiger partial charge is 0.496 e. The van der Waals surface area contributed by atoms with E-state index in [2.05, 4.69) is 5.32 Å². The second-order valence-electron chi connectivity index (χ2n) is 3.97. The van der Waals surface area contributed by atoms with Crippen molar-refractivity contribution in [3.8, 4) is 5.75 Å². The number of halogens is 2. The van der Waals surface area contributed by atoms with Crippen molar-refractivity contribution in [3.05, 3.63) is 29.6 Å². The lowest BCUT2D eigenvalue weighted by Gasteiger charge is -2.17. The Morgan fingerprint density at radius 2 is 2.28 bits per heavy atom. The molecule has 1 unspecified atom stereocenters. The van der Waals surface area contributed by atoms with Gasteiger partial charge in [0, 0.05) is 17.9 Å². The topological polar surface area (TPSA) is 38.3 Å². The van der Waals surface area contributed by atoms with Crippen molar-refractivity contribution in [2.75, 3.05) is 13.0 Å². The van der Waals surface area contributed by atoms with Gasteiger partial charge < -0.3 is 10.1 Å². The Morgan fingerprint density at radius 3 is 2.89 bits per heavy atom. The van der Waals surface area contributed by atoms with E-state index in [0.29, 0.717) is 30.0 Å². The number of carbonyl (C=O) groups excluding carboxylic acids is 1. The molecule has 18 heavy (non-hydrogen) atoms. The standard InChI is InChI=1S/C13H17ClFNO2/c1-9(16-13(17)4-3-7-14)11-8-10(15)5-6-12(11)18-2/h5-6,8-9H,3-4,7H2,1-2H3,(H,16,17). The van der Waals surface area contributed by atoms with E-state index in [0.717, 1.165) is 0 Å². The minimum absolute atomic E-state index is 0.102. The number of benzene rings is 1. The molecule has 1 aromatic carbocycles. The van der Waals surface area contributed by atoms with Gasteiger partial charge in [0.1, 0.15) is 11.6 Å². The predicted molar refractivity (Wildman–Crippen MR) is 69.5 cm³/mol. The maximum absolute atomic E-state index is 13.2. The zero-order valence-electron chi connectivity index (χ0n) is 10.5. The average molecular weight is 274 g/mol. The number of nitrogens with one attached hydrogen (secondary N) is 1. The molecular weight excluding hydrogens is 257 g/mol. The van der Waals surface area contributed by atoms with Gasteiger partial charge in [0.25, 0.3) is 0 Å². The van der Waals surface area contributed by atoms with Crippen LogP contribution in [0.4, 0.5) is 4.39 Å². The number of hydrogen-bond acceptors (Lipinski definition) is 2. The maximum atomic E-state index is 13.2. The van der Waals surface area contributed by atoms with Crippen molar-refractivity contribution in [2.24, 2.45) is 0 Å². The molecule has 0 radical (unpaired) electrons. The summed E-state index contributed by atoms with van der Waals surface area (Å²) in [7, 11) is 1.51. The molecule has 1 amide bonds. The van der Waals surface area contributed by atoms with E-state index in [4.69, 9.17) is 16.3 Å². The fraction of sp³-hybridized carbons (Fsp3) is 0.462. The molecule has 0 spiro atoms. The number of rotatable bonds is 6. The number of methoxy groups -OCH3 is 1. The van der Waals surface area contributed by atoms with Crippen LogP contribution in [-0.2, 0) is 4.79 Å². The van der Waals surface area contributed by atoms with Crippen LogP contribution < -0.4 is 10.1 Å². The number of amides is 1. The first-order valence-electron chi connectivity index (χ1n) is 5.77. The number of alkyl halides is 1. The Morgan fingerprint density at radius 1 is 1.56 bits per heavy atom. The molecule has 5 heteroatoms. The van der Waals surface area contributed by atoms with Crippen molar-refractivity contribution in [1.29, 1.82) is 0 Å². The third-order valence-electron chi connectivity index (χ3n) is 2.57. The molecule has 0 aromatic heterocycles. The quantitative estimate of drug-likeness (QED) is 0.809. The van der Waals surface area contributed by atoms with Crippen LogP contribution in [0, 0.1) is 5.82 Å². The van der Waals surface area contributed by atoms with Crippen LogP contribution in [-0.4, -0.2) is 18.9 Å². The van der Waals surface area contributed by atoms with Gasteiger partial charge in [0.05, 0.1) is 13.2 Å². The number of hydrogen-bond donors (Lipinski definition) is 1. The summed E-state index contributed by atoms with van der Waals surface area (Å²) in [6.07, 6.45) is 0.992. The monoisotopic (exact) mass is 273 g/mol. The molecule has 0 aliphatic carbocycles. The van der Waals surface area contributed by atoms with Gasteiger partial charge in [-0.25, -0.2) is 4.39 Å².